The van der Waals surface area contributed by atoms with Gasteiger partial charge in [-0.25, -0.2) is 0 Å². The summed E-state index contributed by atoms with van der Waals surface area (Å²) in [7, 11) is 0. The summed E-state index contributed by atoms with van der Waals surface area (Å²) in [6.45, 7) is 1.88. The van der Waals surface area contributed by atoms with E-state index in [2.05, 4.69) is 0 Å². The predicted octanol–water partition coefficient (Wildman–Crippen LogP) is 1.94. The molecule has 0 aliphatic rings. The van der Waals surface area contributed by atoms with Crippen LogP contribution in [0.2, 0.25) is 5.02 Å². The van der Waals surface area contributed by atoms with Crippen LogP contribution in [0.15, 0.2) is 18.2 Å². The zero-order chi connectivity index (χ0) is 9.14. The van der Waals surface area contributed by atoms with Crippen molar-refractivity contribution in [1.82, 2.24) is 0 Å². The van der Waals surface area contributed by atoms with E-state index in [1.807, 2.05) is 6.92 Å². The molecule has 1 aromatic carbocycles. The summed E-state index contributed by atoms with van der Waals surface area (Å²) in [5, 5.41) is 9.98. The lowest BCUT2D eigenvalue weighted by molar-refractivity contribution is 0.466. The topological polar surface area (TPSA) is 46.2 Å². The van der Waals surface area contributed by atoms with E-state index in [-0.39, 0.29) is 11.8 Å². The number of hydrogen-bond acceptors (Lipinski definition) is 2. The van der Waals surface area contributed by atoms with Gasteiger partial charge in [-0.2, -0.15) is 0 Å². The monoisotopic (exact) mass is 185 g/mol. The van der Waals surface area contributed by atoms with Crippen molar-refractivity contribution in [2.45, 2.75) is 19.4 Å². The second-order valence-corrected chi connectivity index (χ2v) is 3.33. The molecule has 1 aromatic rings. The van der Waals surface area contributed by atoms with Crippen LogP contribution in [-0.4, -0.2) is 11.1 Å². The van der Waals surface area contributed by atoms with E-state index in [1.54, 1.807) is 18.2 Å². The Morgan fingerprint density at radius 3 is 2.75 bits per heavy atom. The van der Waals surface area contributed by atoms with E-state index in [0.717, 1.165) is 5.56 Å². The van der Waals surface area contributed by atoms with Crippen LogP contribution in [-0.2, 0) is 6.42 Å². The molecule has 0 heterocycles. The fourth-order valence-corrected chi connectivity index (χ4v) is 1.32. The zero-order valence-electron chi connectivity index (χ0n) is 6.92. The van der Waals surface area contributed by atoms with Crippen LogP contribution in [0.3, 0.4) is 0 Å². The summed E-state index contributed by atoms with van der Waals surface area (Å²) < 4.78 is 0. The standard InChI is InChI=1S/C9H12ClNO/c1-6(11)5-7-8(10)3-2-4-9(7)12/h2-4,6,12H,5,11H2,1H3/t6-/m1/s1. The molecule has 0 aliphatic carbocycles. The second-order valence-electron chi connectivity index (χ2n) is 2.92. The summed E-state index contributed by atoms with van der Waals surface area (Å²) in [6, 6.07) is 5.08. The van der Waals surface area contributed by atoms with Gasteiger partial charge in [-0.15, -0.1) is 0 Å². The van der Waals surface area contributed by atoms with Gasteiger partial charge >= 0.3 is 0 Å². The first-order valence-electron chi connectivity index (χ1n) is 3.83. The third-order valence-corrected chi connectivity index (χ3v) is 1.97. The Kier molecular flexibility index (Phi) is 2.95. The highest BCUT2D eigenvalue weighted by molar-refractivity contribution is 6.31. The summed E-state index contributed by atoms with van der Waals surface area (Å²) in [4.78, 5) is 0. The van der Waals surface area contributed by atoms with Gasteiger partial charge in [0, 0.05) is 16.6 Å². The number of halogens is 1. The van der Waals surface area contributed by atoms with Gasteiger partial charge in [-0.1, -0.05) is 17.7 Å². The van der Waals surface area contributed by atoms with E-state index < -0.39 is 0 Å². The fraction of sp³-hybridized carbons (Fsp3) is 0.333. The average molecular weight is 186 g/mol. The highest BCUT2D eigenvalue weighted by atomic mass is 35.5. The lowest BCUT2D eigenvalue weighted by Gasteiger charge is -2.08. The normalized spacial score (nSPS) is 12.9. The number of phenolic OH excluding ortho intramolecular Hbond substituents is 1. The fourth-order valence-electron chi connectivity index (χ4n) is 1.07. The molecule has 0 fully saturated rings. The Morgan fingerprint density at radius 1 is 1.58 bits per heavy atom. The molecule has 0 aliphatic heterocycles. The molecule has 2 nitrogen and oxygen atoms in total. The van der Waals surface area contributed by atoms with E-state index in [4.69, 9.17) is 17.3 Å². The van der Waals surface area contributed by atoms with Crippen LogP contribution in [0.4, 0.5) is 0 Å². The van der Waals surface area contributed by atoms with E-state index in [9.17, 15) is 5.11 Å². The van der Waals surface area contributed by atoms with Crippen LogP contribution >= 0.6 is 11.6 Å². The second kappa shape index (κ2) is 3.78. The molecule has 66 valence electrons. The molecule has 0 amide bonds. The lowest BCUT2D eigenvalue weighted by atomic mass is 10.1. The Hall–Kier alpha value is -0.730. The van der Waals surface area contributed by atoms with Crippen molar-refractivity contribution in [1.29, 1.82) is 0 Å². The Morgan fingerprint density at radius 2 is 2.25 bits per heavy atom. The average Bonchev–Trinajstić information content (AvgIpc) is 1.97. The molecule has 1 rings (SSSR count). The van der Waals surface area contributed by atoms with Gasteiger partial charge in [-0.05, 0) is 25.5 Å². The quantitative estimate of drug-likeness (QED) is 0.740. The molecule has 0 radical (unpaired) electrons. The Labute approximate surface area is 77.0 Å². The summed E-state index contributed by atoms with van der Waals surface area (Å²) in [5.41, 5.74) is 6.32. The van der Waals surface area contributed by atoms with Gasteiger partial charge in [0.05, 0.1) is 0 Å². The van der Waals surface area contributed by atoms with Crippen LogP contribution < -0.4 is 5.73 Å². The molecule has 3 heteroatoms. The largest absolute Gasteiger partial charge is 0.508 e. The maximum absolute atomic E-state index is 9.40. The number of nitrogens with two attached hydrogens (primary N) is 1. The number of hydrogen-bond donors (Lipinski definition) is 2. The molecule has 0 saturated heterocycles. The first-order chi connectivity index (χ1) is 5.61. The molecule has 3 N–H and O–H groups in total. The van der Waals surface area contributed by atoms with Crippen LogP contribution in [0.1, 0.15) is 12.5 Å². The third kappa shape index (κ3) is 2.13. The molecule has 0 saturated carbocycles. The molecule has 0 unspecified atom stereocenters. The summed E-state index contributed by atoms with van der Waals surface area (Å²) in [6.07, 6.45) is 0.603. The van der Waals surface area contributed by atoms with Gasteiger partial charge in [-0.3, -0.25) is 0 Å². The maximum Gasteiger partial charge on any atom is 0.120 e. The van der Waals surface area contributed by atoms with Gasteiger partial charge in [0.2, 0.25) is 0 Å². The minimum atomic E-state index is 0.01000. The molecular formula is C9H12ClNO. The van der Waals surface area contributed by atoms with Gasteiger partial charge < -0.3 is 10.8 Å². The lowest BCUT2D eigenvalue weighted by Crippen LogP contribution is -2.18. The molecule has 0 aromatic heterocycles. The van der Waals surface area contributed by atoms with E-state index >= 15 is 0 Å². The minimum absolute atomic E-state index is 0.01000. The Balaban J connectivity index is 2.96. The summed E-state index contributed by atoms with van der Waals surface area (Å²) in [5.74, 6) is 0.222. The predicted molar refractivity (Wildman–Crippen MR) is 50.5 cm³/mol. The van der Waals surface area contributed by atoms with Crippen LogP contribution in [0, 0.1) is 0 Å². The molecule has 0 bridgehead atoms. The first kappa shape index (κ1) is 9.36. The van der Waals surface area contributed by atoms with Crippen molar-refractivity contribution in [2.75, 3.05) is 0 Å². The van der Waals surface area contributed by atoms with Gasteiger partial charge in [0.25, 0.3) is 0 Å². The number of rotatable bonds is 2. The minimum Gasteiger partial charge on any atom is -0.508 e. The third-order valence-electron chi connectivity index (χ3n) is 1.62. The van der Waals surface area contributed by atoms with Crippen molar-refractivity contribution in [3.05, 3.63) is 28.8 Å². The van der Waals surface area contributed by atoms with E-state index in [1.165, 1.54) is 0 Å². The zero-order valence-corrected chi connectivity index (χ0v) is 7.67. The number of aromatic hydroxyl groups is 1. The molecular weight excluding hydrogens is 174 g/mol. The smallest absolute Gasteiger partial charge is 0.120 e. The molecule has 12 heavy (non-hydrogen) atoms. The molecule has 0 spiro atoms. The maximum atomic E-state index is 9.40. The SMILES string of the molecule is C[C@@H](N)Cc1c(O)cccc1Cl. The van der Waals surface area contributed by atoms with E-state index in [0.29, 0.717) is 11.4 Å². The van der Waals surface area contributed by atoms with Gasteiger partial charge in [0.1, 0.15) is 5.75 Å². The Bertz CT molecular complexity index is 253. The van der Waals surface area contributed by atoms with Crippen molar-refractivity contribution >= 4 is 11.6 Å². The van der Waals surface area contributed by atoms with Crippen molar-refractivity contribution in [2.24, 2.45) is 5.73 Å². The highest BCUT2D eigenvalue weighted by Crippen LogP contribution is 2.25. The molecule has 1 atom stereocenters. The van der Waals surface area contributed by atoms with Crippen molar-refractivity contribution in [3.8, 4) is 5.75 Å². The number of phenols is 1. The highest BCUT2D eigenvalue weighted by Gasteiger charge is 2.07. The van der Waals surface area contributed by atoms with Crippen molar-refractivity contribution in [3.63, 3.8) is 0 Å². The van der Waals surface area contributed by atoms with Crippen molar-refractivity contribution < 1.29 is 5.11 Å². The van der Waals surface area contributed by atoms with Crippen LogP contribution in [0.25, 0.3) is 0 Å². The van der Waals surface area contributed by atoms with Crippen LogP contribution in [0.5, 0.6) is 5.75 Å². The number of benzene rings is 1. The summed E-state index contributed by atoms with van der Waals surface area (Å²) >= 11 is 5.86. The van der Waals surface area contributed by atoms with Gasteiger partial charge in [0.15, 0.2) is 0 Å². The first-order valence-corrected chi connectivity index (χ1v) is 4.21.